The summed E-state index contributed by atoms with van der Waals surface area (Å²) >= 11 is 0. The topological polar surface area (TPSA) is 40.5 Å². The van der Waals surface area contributed by atoms with Crippen molar-refractivity contribution in [2.45, 2.75) is 32.8 Å². The number of likely N-dealkylation sites (N-methyl/N-ethyl adjacent to an activating group) is 1. The summed E-state index contributed by atoms with van der Waals surface area (Å²) in [5.74, 6) is -0.246. The zero-order chi connectivity index (χ0) is 13.1. The Hall–Kier alpha value is -1.35. The zero-order valence-corrected chi connectivity index (χ0v) is 11.0. The number of rotatable bonds is 4. The van der Waals surface area contributed by atoms with Gasteiger partial charge in [0.05, 0.1) is 0 Å². The van der Waals surface area contributed by atoms with Gasteiger partial charge in [-0.2, -0.15) is 0 Å². The monoisotopic (exact) mass is 235 g/mol. The van der Waals surface area contributed by atoms with Crippen molar-refractivity contribution in [2.75, 3.05) is 13.6 Å². The van der Waals surface area contributed by atoms with Gasteiger partial charge in [0, 0.05) is 13.6 Å². The highest BCUT2D eigenvalue weighted by atomic mass is 16.3. The third-order valence-corrected chi connectivity index (χ3v) is 2.73. The Morgan fingerprint density at radius 3 is 2.29 bits per heavy atom. The average Bonchev–Trinajstić information content (AvgIpc) is 2.25. The van der Waals surface area contributed by atoms with Crippen molar-refractivity contribution in [2.24, 2.45) is 0 Å². The van der Waals surface area contributed by atoms with Crippen molar-refractivity contribution in [3.63, 3.8) is 0 Å². The Labute approximate surface area is 103 Å². The number of nitrogens with zero attached hydrogens (tertiary/aromatic N) is 1. The van der Waals surface area contributed by atoms with Crippen LogP contribution >= 0.6 is 0 Å². The number of carbonyl (C=O) groups excluding carboxylic acids is 1. The lowest BCUT2D eigenvalue weighted by molar-refractivity contribution is -0.146. The highest BCUT2D eigenvalue weighted by Crippen LogP contribution is 2.08. The van der Waals surface area contributed by atoms with Gasteiger partial charge in [-0.15, -0.1) is 0 Å². The molecule has 0 aliphatic carbocycles. The van der Waals surface area contributed by atoms with Crippen LogP contribution in [0.3, 0.4) is 0 Å². The molecule has 0 radical (unpaired) electrons. The van der Waals surface area contributed by atoms with E-state index in [0.717, 1.165) is 6.42 Å². The first-order chi connectivity index (χ1) is 7.80. The molecule has 0 saturated carbocycles. The Kier molecular flexibility index (Phi) is 4.29. The van der Waals surface area contributed by atoms with E-state index in [2.05, 4.69) is 24.3 Å². The third kappa shape index (κ3) is 4.19. The van der Waals surface area contributed by atoms with Crippen molar-refractivity contribution in [1.82, 2.24) is 4.90 Å². The van der Waals surface area contributed by atoms with Crippen LogP contribution in [0.2, 0.25) is 0 Å². The fourth-order valence-corrected chi connectivity index (χ4v) is 1.62. The van der Waals surface area contributed by atoms with Crippen LogP contribution < -0.4 is 0 Å². The maximum Gasteiger partial charge on any atom is 0.253 e. The molecule has 0 fully saturated rings. The van der Waals surface area contributed by atoms with Crippen molar-refractivity contribution < 1.29 is 9.90 Å². The molecule has 0 aliphatic heterocycles. The van der Waals surface area contributed by atoms with Crippen molar-refractivity contribution in [3.8, 4) is 0 Å². The van der Waals surface area contributed by atoms with Crippen LogP contribution in [0.4, 0.5) is 0 Å². The van der Waals surface area contributed by atoms with E-state index in [1.165, 1.54) is 25.0 Å². The van der Waals surface area contributed by atoms with E-state index in [0.29, 0.717) is 6.54 Å². The lowest BCUT2D eigenvalue weighted by Gasteiger charge is -2.24. The summed E-state index contributed by atoms with van der Waals surface area (Å²) < 4.78 is 0. The van der Waals surface area contributed by atoms with Gasteiger partial charge in [-0.3, -0.25) is 4.79 Å². The van der Waals surface area contributed by atoms with Crippen molar-refractivity contribution in [3.05, 3.63) is 35.4 Å². The molecular formula is C14H21NO2. The maximum absolute atomic E-state index is 11.7. The number of hydrogen-bond donors (Lipinski definition) is 1. The molecule has 0 atom stereocenters. The summed E-state index contributed by atoms with van der Waals surface area (Å²) in [6.07, 6.45) is 0.804. The minimum absolute atomic E-state index is 0.246. The number of hydrogen-bond acceptors (Lipinski definition) is 2. The lowest BCUT2D eigenvalue weighted by atomic mass is 10.1. The van der Waals surface area contributed by atoms with Gasteiger partial charge in [0.2, 0.25) is 0 Å². The molecule has 3 nitrogen and oxygen atoms in total. The molecule has 0 bridgehead atoms. The maximum atomic E-state index is 11.7. The second kappa shape index (κ2) is 5.32. The molecular weight excluding hydrogens is 214 g/mol. The first-order valence-electron chi connectivity index (χ1n) is 5.84. The summed E-state index contributed by atoms with van der Waals surface area (Å²) in [5, 5.41) is 9.60. The van der Waals surface area contributed by atoms with Crippen molar-refractivity contribution in [1.29, 1.82) is 0 Å². The predicted octanol–water partition coefficient (Wildman–Crippen LogP) is 1.77. The van der Waals surface area contributed by atoms with E-state index in [4.69, 9.17) is 0 Å². The molecule has 1 amide bonds. The standard InChI is InChI=1S/C14H21NO2/c1-11-5-7-12(8-6-11)9-10-15(4)13(16)14(2,3)17/h5-8,17H,9-10H2,1-4H3. The quantitative estimate of drug-likeness (QED) is 0.864. The average molecular weight is 235 g/mol. The van der Waals surface area contributed by atoms with E-state index < -0.39 is 5.60 Å². The van der Waals surface area contributed by atoms with Crippen LogP contribution in [-0.2, 0) is 11.2 Å². The molecule has 0 spiro atoms. The molecule has 0 aliphatic rings. The molecule has 94 valence electrons. The summed E-state index contributed by atoms with van der Waals surface area (Å²) in [6.45, 7) is 5.69. The van der Waals surface area contributed by atoms with E-state index in [1.807, 2.05) is 6.92 Å². The van der Waals surface area contributed by atoms with E-state index in [9.17, 15) is 9.90 Å². The van der Waals surface area contributed by atoms with Gasteiger partial charge < -0.3 is 10.0 Å². The van der Waals surface area contributed by atoms with Gasteiger partial charge in [0.25, 0.3) is 5.91 Å². The molecule has 1 N–H and O–H groups in total. The fraction of sp³-hybridized carbons (Fsp3) is 0.500. The molecule has 0 unspecified atom stereocenters. The van der Waals surface area contributed by atoms with Crippen LogP contribution in [0.1, 0.15) is 25.0 Å². The molecule has 1 aromatic carbocycles. The Balaban J connectivity index is 2.51. The molecule has 0 saturated heterocycles. The van der Waals surface area contributed by atoms with Gasteiger partial charge in [-0.1, -0.05) is 29.8 Å². The van der Waals surface area contributed by atoms with Gasteiger partial charge >= 0.3 is 0 Å². The second-order valence-corrected chi connectivity index (χ2v) is 5.02. The number of aryl methyl sites for hydroxylation is 1. The van der Waals surface area contributed by atoms with Crippen LogP contribution in [0.15, 0.2) is 24.3 Å². The Morgan fingerprint density at radius 2 is 1.82 bits per heavy atom. The van der Waals surface area contributed by atoms with Crippen LogP contribution in [-0.4, -0.2) is 35.1 Å². The van der Waals surface area contributed by atoms with E-state index >= 15 is 0 Å². The van der Waals surface area contributed by atoms with Crippen molar-refractivity contribution >= 4 is 5.91 Å². The molecule has 1 rings (SSSR count). The van der Waals surface area contributed by atoms with Gasteiger partial charge in [0.15, 0.2) is 0 Å². The molecule has 0 aromatic heterocycles. The second-order valence-electron chi connectivity index (χ2n) is 5.02. The number of carbonyl (C=O) groups is 1. The van der Waals surface area contributed by atoms with Gasteiger partial charge in [-0.05, 0) is 32.8 Å². The molecule has 1 aromatic rings. The molecule has 0 heterocycles. The molecule has 3 heteroatoms. The predicted molar refractivity (Wildman–Crippen MR) is 68.8 cm³/mol. The minimum atomic E-state index is -1.29. The molecule has 17 heavy (non-hydrogen) atoms. The first kappa shape index (κ1) is 13.7. The third-order valence-electron chi connectivity index (χ3n) is 2.73. The Bertz CT molecular complexity index is 376. The minimum Gasteiger partial charge on any atom is -0.381 e. The Morgan fingerprint density at radius 1 is 1.29 bits per heavy atom. The van der Waals surface area contributed by atoms with Crippen LogP contribution in [0.5, 0.6) is 0 Å². The summed E-state index contributed by atoms with van der Waals surface area (Å²) in [5.41, 5.74) is 1.14. The van der Waals surface area contributed by atoms with E-state index in [1.54, 1.807) is 11.9 Å². The fourth-order valence-electron chi connectivity index (χ4n) is 1.62. The smallest absolute Gasteiger partial charge is 0.253 e. The van der Waals surface area contributed by atoms with Crippen LogP contribution in [0, 0.1) is 6.92 Å². The summed E-state index contributed by atoms with van der Waals surface area (Å²) in [6, 6.07) is 8.26. The van der Waals surface area contributed by atoms with Crippen LogP contribution in [0.25, 0.3) is 0 Å². The lowest BCUT2D eigenvalue weighted by Crippen LogP contribution is -2.43. The first-order valence-corrected chi connectivity index (χ1v) is 5.84. The number of amides is 1. The van der Waals surface area contributed by atoms with E-state index in [-0.39, 0.29) is 5.91 Å². The van der Waals surface area contributed by atoms with Gasteiger partial charge in [0.1, 0.15) is 5.60 Å². The zero-order valence-electron chi connectivity index (χ0n) is 11.0. The highest BCUT2D eigenvalue weighted by molar-refractivity contribution is 5.83. The summed E-state index contributed by atoms with van der Waals surface area (Å²) in [4.78, 5) is 13.3. The normalized spacial score (nSPS) is 11.4. The van der Waals surface area contributed by atoms with Gasteiger partial charge in [-0.25, -0.2) is 0 Å². The largest absolute Gasteiger partial charge is 0.381 e. The summed E-state index contributed by atoms with van der Waals surface area (Å²) in [7, 11) is 1.72. The number of aliphatic hydroxyl groups is 1. The SMILES string of the molecule is Cc1ccc(CCN(C)C(=O)C(C)(C)O)cc1. The highest BCUT2D eigenvalue weighted by Gasteiger charge is 2.26. The number of benzene rings is 1.